The van der Waals surface area contributed by atoms with Gasteiger partial charge in [-0.25, -0.2) is 9.97 Å². The monoisotopic (exact) mass is 205 g/mol. The summed E-state index contributed by atoms with van der Waals surface area (Å²) in [6.07, 6.45) is 5.18. The summed E-state index contributed by atoms with van der Waals surface area (Å²) in [5.74, 6) is 0.880. The number of aromatic nitrogens is 2. The zero-order chi connectivity index (χ0) is 10.7. The highest BCUT2D eigenvalue weighted by Crippen LogP contribution is 2.17. The van der Waals surface area contributed by atoms with Crippen molar-refractivity contribution in [3.63, 3.8) is 0 Å². The van der Waals surface area contributed by atoms with Crippen molar-refractivity contribution in [3.8, 4) is 0 Å². The lowest BCUT2D eigenvalue weighted by Gasteiger charge is -2.27. The second kappa shape index (κ2) is 4.25. The minimum Gasteiger partial charge on any atom is -0.382 e. The molecular formula is C10H15N5. The first kappa shape index (κ1) is 9.89. The number of hydrogen-bond acceptors (Lipinski definition) is 4. The van der Waals surface area contributed by atoms with E-state index in [0.29, 0.717) is 5.69 Å². The van der Waals surface area contributed by atoms with Gasteiger partial charge in [0.1, 0.15) is 23.7 Å². The molecule has 0 saturated carbocycles. The highest BCUT2D eigenvalue weighted by atomic mass is 15.2. The number of piperidine rings is 1. The molecule has 2 rings (SSSR count). The number of hydrogen-bond donors (Lipinski definition) is 2. The van der Waals surface area contributed by atoms with Gasteiger partial charge in [0.25, 0.3) is 0 Å². The first-order chi connectivity index (χ1) is 7.27. The molecule has 80 valence electrons. The maximum atomic E-state index is 7.31. The average Bonchev–Trinajstić information content (AvgIpc) is 2.30. The Kier molecular flexibility index (Phi) is 2.80. The van der Waals surface area contributed by atoms with Crippen molar-refractivity contribution in [1.29, 1.82) is 5.41 Å². The Labute approximate surface area is 88.8 Å². The molecule has 0 spiro atoms. The SMILES string of the molecule is N=C(N)c1cc(N2CCCCC2)ncn1. The van der Waals surface area contributed by atoms with E-state index in [1.165, 1.54) is 25.6 Å². The minimum absolute atomic E-state index is 0.00402. The Morgan fingerprint density at radius 2 is 2.00 bits per heavy atom. The van der Waals surface area contributed by atoms with Crippen LogP contribution in [0.5, 0.6) is 0 Å². The smallest absolute Gasteiger partial charge is 0.142 e. The van der Waals surface area contributed by atoms with Crippen LogP contribution in [0.4, 0.5) is 5.82 Å². The molecule has 0 radical (unpaired) electrons. The van der Waals surface area contributed by atoms with Crippen molar-refractivity contribution in [2.45, 2.75) is 19.3 Å². The van der Waals surface area contributed by atoms with Crippen LogP contribution >= 0.6 is 0 Å². The summed E-state index contributed by atoms with van der Waals surface area (Å²) in [4.78, 5) is 10.4. The Bertz CT molecular complexity index is 357. The normalized spacial score (nSPS) is 16.4. The maximum Gasteiger partial charge on any atom is 0.142 e. The van der Waals surface area contributed by atoms with Gasteiger partial charge in [-0.15, -0.1) is 0 Å². The van der Waals surface area contributed by atoms with E-state index >= 15 is 0 Å². The van der Waals surface area contributed by atoms with Gasteiger partial charge >= 0.3 is 0 Å². The van der Waals surface area contributed by atoms with Gasteiger partial charge in [0, 0.05) is 19.2 Å². The molecule has 5 nitrogen and oxygen atoms in total. The molecule has 1 fully saturated rings. The van der Waals surface area contributed by atoms with E-state index in [9.17, 15) is 0 Å². The Balaban J connectivity index is 2.19. The van der Waals surface area contributed by atoms with Crippen molar-refractivity contribution in [2.75, 3.05) is 18.0 Å². The van der Waals surface area contributed by atoms with Crippen LogP contribution < -0.4 is 10.6 Å². The van der Waals surface area contributed by atoms with Gasteiger partial charge in [-0.3, -0.25) is 5.41 Å². The molecule has 0 aliphatic carbocycles. The molecule has 2 heterocycles. The van der Waals surface area contributed by atoms with Crippen LogP contribution in [-0.4, -0.2) is 28.9 Å². The fourth-order valence-electron chi connectivity index (χ4n) is 1.79. The summed E-state index contributed by atoms with van der Waals surface area (Å²) in [6, 6.07) is 1.79. The Morgan fingerprint density at radius 3 is 2.67 bits per heavy atom. The van der Waals surface area contributed by atoms with E-state index in [0.717, 1.165) is 18.9 Å². The molecule has 0 atom stereocenters. The van der Waals surface area contributed by atoms with Crippen molar-refractivity contribution >= 4 is 11.7 Å². The molecule has 1 aromatic heterocycles. The number of anilines is 1. The van der Waals surface area contributed by atoms with Crippen LogP contribution in [0, 0.1) is 5.41 Å². The molecule has 0 unspecified atom stereocenters. The second-order valence-electron chi connectivity index (χ2n) is 3.72. The zero-order valence-electron chi connectivity index (χ0n) is 8.61. The largest absolute Gasteiger partial charge is 0.382 e. The van der Waals surface area contributed by atoms with Crippen LogP contribution in [0.1, 0.15) is 25.0 Å². The van der Waals surface area contributed by atoms with Crippen molar-refractivity contribution in [1.82, 2.24) is 9.97 Å². The van der Waals surface area contributed by atoms with Gasteiger partial charge in [0.05, 0.1) is 0 Å². The van der Waals surface area contributed by atoms with Crippen molar-refractivity contribution in [2.24, 2.45) is 5.73 Å². The zero-order valence-corrected chi connectivity index (χ0v) is 8.61. The van der Waals surface area contributed by atoms with E-state index < -0.39 is 0 Å². The number of nitrogens with two attached hydrogens (primary N) is 1. The van der Waals surface area contributed by atoms with Gasteiger partial charge < -0.3 is 10.6 Å². The van der Waals surface area contributed by atoms with E-state index in [1.807, 2.05) is 0 Å². The number of rotatable bonds is 2. The Hall–Kier alpha value is -1.65. The third kappa shape index (κ3) is 2.23. The van der Waals surface area contributed by atoms with Crippen LogP contribution in [-0.2, 0) is 0 Å². The first-order valence-corrected chi connectivity index (χ1v) is 5.19. The lowest BCUT2D eigenvalue weighted by atomic mass is 10.1. The first-order valence-electron chi connectivity index (χ1n) is 5.19. The second-order valence-corrected chi connectivity index (χ2v) is 3.72. The molecule has 1 aliphatic rings. The van der Waals surface area contributed by atoms with E-state index in [1.54, 1.807) is 6.07 Å². The summed E-state index contributed by atoms with van der Waals surface area (Å²) in [5.41, 5.74) is 5.89. The van der Waals surface area contributed by atoms with E-state index in [2.05, 4.69) is 14.9 Å². The molecule has 1 aromatic rings. The maximum absolute atomic E-state index is 7.31. The molecule has 5 heteroatoms. The van der Waals surface area contributed by atoms with Crippen LogP contribution in [0.3, 0.4) is 0 Å². The highest BCUT2D eigenvalue weighted by molar-refractivity contribution is 5.93. The number of nitrogens with one attached hydrogen (secondary N) is 1. The topological polar surface area (TPSA) is 78.9 Å². The fourth-order valence-corrected chi connectivity index (χ4v) is 1.79. The van der Waals surface area contributed by atoms with Gasteiger partial charge in [-0.2, -0.15) is 0 Å². The third-order valence-corrected chi connectivity index (χ3v) is 2.61. The standard InChI is InChI=1S/C10H15N5/c11-10(12)8-6-9(14-7-13-8)15-4-2-1-3-5-15/h6-7H,1-5H2,(H3,11,12). The lowest BCUT2D eigenvalue weighted by molar-refractivity contribution is 0.573. The summed E-state index contributed by atoms with van der Waals surface area (Å²) < 4.78 is 0. The van der Waals surface area contributed by atoms with Crippen LogP contribution in [0.25, 0.3) is 0 Å². The predicted octanol–water partition coefficient (Wildman–Crippen LogP) is 0.751. The predicted molar refractivity (Wildman–Crippen MR) is 59.1 cm³/mol. The number of amidine groups is 1. The molecule has 3 N–H and O–H groups in total. The van der Waals surface area contributed by atoms with Crippen LogP contribution in [0.2, 0.25) is 0 Å². The number of nitrogen functional groups attached to an aromatic ring is 1. The molecule has 0 aromatic carbocycles. The third-order valence-electron chi connectivity index (χ3n) is 2.61. The minimum atomic E-state index is -0.00402. The Morgan fingerprint density at radius 1 is 1.27 bits per heavy atom. The average molecular weight is 205 g/mol. The van der Waals surface area contributed by atoms with Crippen LogP contribution in [0.15, 0.2) is 12.4 Å². The summed E-state index contributed by atoms with van der Waals surface area (Å²) >= 11 is 0. The van der Waals surface area contributed by atoms with E-state index in [-0.39, 0.29) is 5.84 Å². The fraction of sp³-hybridized carbons (Fsp3) is 0.500. The summed E-state index contributed by atoms with van der Waals surface area (Å²) in [5, 5.41) is 7.31. The lowest BCUT2D eigenvalue weighted by Crippen LogP contribution is -2.30. The molecule has 15 heavy (non-hydrogen) atoms. The van der Waals surface area contributed by atoms with Gasteiger partial charge in [-0.05, 0) is 19.3 Å². The summed E-state index contributed by atoms with van der Waals surface area (Å²) in [6.45, 7) is 2.07. The quantitative estimate of drug-likeness (QED) is 0.551. The molecule has 0 bridgehead atoms. The van der Waals surface area contributed by atoms with Gasteiger partial charge in [-0.1, -0.05) is 0 Å². The van der Waals surface area contributed by atoms with Crippen molar-refractivity contribution in [3.05, 3.63) is 18.1 Å². The summed E-state index contributed by atoms with van der Waals surface area (Å²) in [7, 11) is 0. The molecule has 1 aliphatic heterocycles. The number of nitrogens with zero attached hydrogens (tertiary/aromatic N) is 3. The molecular weight excluding hydrogens is 190 g/mol. The van der Waals surface area contributed by atoms with Crippen molar-refractivity contribution < 1.29 is 0 Å². The molecule has 1 saturated heterocycles. The van der Waals surface area contributed by atoms with E-state index in [4.69, 9.17) is 11.1 Å². The highest BCUT2D eigenvalue weighted by Gasteiger charge is 2.12. The molecule has 0 amide bonds. The van der Waals surface area contributed by atoms with Gasteiger partial charge in [0.2, 0.25) is 0 Å². The van der Waals surface area contributed by atoms with Gasteiger partial charge in [0.15, 0.2) is 0 Å².